The largest absolute Gasteiger partial charge is 0.354 e. The third-order valence-corrected chi connectivity index (χ3v) is 7.71. The molecule has 0 unspecified atom stereocenters. The highest BCUT2D eigenvalue weighted by Gasteiger charge is 2.29. The molecule has 0 aliphatic heterocycles. The number of aromatic amines is 1. The van der Waals surface area contributed by atoms with Crippen molar-refractivity contribution in [2.24, 2.45) is 5.92 Å². The molecule has 7 heteroatoms. The number of aromatic nitrogens is 2. The van der Waals surface area contributed by atoms with Crippen LogP contribution in [0.2, 0.25) is 0 Å². The van der Waals surface area contributed by atoms with E-state index in [0.717, 1.165) is 49.8 Å². The number of rotatable bonds is 9. The Balaban J connectivity index is 0.00000336. The van der Waals surface area contributed by atoms with E-state index in [4.69, 9.17) is 0 Å². The maximum Gasteiger partial charge on any atom is 0.326 e. The summed E-state index contributed by atoms with van der Waals surface area (Å²) in [6.45, 7) is 4.46. The van der Waals surface area contributed by atoms with Gasteiger partial charge in [-0.1, -0.05) is 72.8 Å². The van der Waals surface area contributed by atoms with Gasteiger partial charge in [-0.05, 0) is 55.9 Å². The van der Waals surface area contributed by atoms with Crippen molar-refractivity contribution in [2.75, 3.05) is 6.54 Å². The van der Waals surface area contributed by atoms with E-state index in [0.29, 0.717) is 6.54 Å². The van der Waals surface area contributed by atoms with Crippen molar-refractivity contribution in [1.29, 1.82) is 0 Å². The van der Waals surface area contributed by atoms with Gasteiger partial charge in [-0.2, -0.15) is 13.5 Å². The predicted octanol–water partition coefficient (Wildman–Crippen LogP) is 5.38. The van der Waals surface area contributed by atoms with Gasteiger partial charge in [-0.15, -0.1) is 0 Å². The Labute approximate surface area is 231 Å². The lowest BCUT2D eigenvalue weighted by Gasteiger charge is -2.31. The van der Waals surface area contributed by atoms with E-state index in [-0.39, 0.29) is 43.1 Å². The van der Waals surface area contributed by atoms with Gasteiger partial charge in [0.1, 0.15) is 0 Å². The van der Waals surface area contributed by atoms with Crippen LogP contribution >= 0.6 is 13.5 Å². The highest BCUT2D eigenvalue weighted by atomic mass is 32.1. The first-order valence-corrected chi connectivity index (χ1v) is 13.4. The van der Waals surface area contributed by atoms with Crippen molar-refractivity contribution in [1.82, 2.24) is 19.8 Å². The second-order valence-electron chi connectivity index (χ2n) is 10.3. The van der Waals surface area contributed by atoms with E-state index in [1.807, 2.05) is 41.0 Å². The Kier molecular flexibility index (Phi) is 9.48. The molecule has 1 aromatic heterocycles. The van der Waals surface area contributed by atoms with Crippen molar-refractivity contribution < 1.29 is 4.79 Å². The maximum atomic E-state index is 13.1. The van der Waals surface area contributed by atoms with E-state index in [1.54, 1.807) is 0 Å². The summed E-state index contributed by atoms with van der Waals surface area (Å²) < 4.78 is 1.89. The second kappa shape index (κ2) is 13.0. The first-order valence-electron chi connectivity index (χ1n) is 13.4. The molecule has 1 fully saturated rings. The van der Waals surface area contributed by atoms with Crippen LogP contribution in [0.15, 0.2) is 89.7 Å². The summed E-state index contributed by atoms with van der Waals surface area (Å²) in [4.78, 5) is 31.1. The van der Waals surface area contributed by atoms with Gasteiger partial charge >= 0.3 is 5.69 Å². The molecule has 0 bridgehead atoms. The first-order chi connectivity index (χ1) is 18.1. The number of hydrogen-bond donors (Lipinski definition) is 2. The van der Waals surface area contributed by atoms with Crippen LogP contribution in [0.1, 0.15) is 49.8 Å². The SMILES string of the molecule is C[C@@H](CNC(=O)C1CCC(n2c(=O)[nH]c3ccccc32)CC1)N(Cc1ccccc1)Cc1ccccc1.S. The predicted molar refractivity (Wildman–Crippen MR) is 159 cm³/mol. The van der Waals surface area contributed by atoms with E-state index in [2.05, 4.69) is 70.7 Å². The number of para-hydroxylation sites is 2. The molecule has 0 saturated heterocycles. The fourth-order valence-corrected chi connectivity index (χ4v) is 5.56. The number of imidazole rings is 1. The molecule has 3 aromatic carbocycles. The minimum atomic E-state index is -0.0557. The Morgan fingerprint density at radius 3 is 2.05 bits per heavy atom. The Hall–Kier alpha value is -3.29. The van der Waals surface area contributed by atoms with Crippen LogP contribution in [0.4, 0.5) is 0 Å². The Bertz CT molecular complexity index is 1320. The molecule has 1 heterocycles. The van der Waals surface area contributed by atoms with Gasteiger partial charge in [0.15, 0.2) is 0 Å². The lowest BCUT2D eigenvalue weighted by Crippen LogP contribution is -2.43. The molecule has 1 aliphatic carbocycles. The van der Waals surface area contributed by atoms with Gasteiger partial charge in [0.05, 0.1) is 11.0 Å². The minimum absolute atomic E-state index is 0. The molecule has 5 rings (SSSR count). The third kappa shape index (κ3) is 6.58. The van der Waals surface area contributed by atoms with Gasteiger partial charge in [0.2, 0.25) is 5.91 Å². The van der Waals surface area contributed by atoms with Gasteiger partial charge in [-0.25, -0.2) is 4.79 Å². The summed E-state index contributed by atoms with van der Waals surface area (Å²) in [6, 6.07) is 29.1. The average molecular weight is 531 g/mol. The van der Waals surface area contributed by atoms with E-state index < -0.39 is 0 Å². The van der Waals surface area contributed by atoms with E-state index in [1.165, 1.54) is 11.1 Å². The van der Waals surface area contributed by atoms with Crippen molar-refractivity contribution >= 4 is 30.4 Å². The molecule has 1 amide bonds. The van der Waals surface area contributed by atoms with E-state index >= 15 is 0 Å². The molecular weight excluding hydrogens is 492 g/mol. The molecule has 38 heavy (non-hydrogen) atoms. The average Bonchev–Trinajstić information content (AvgIpc) is 3.28. The van der Waals surface area contributed by atoms with Crippen LogP contribution in [0.25, 0.3) is 11.0 Å². The molecule has 1 saturated carbocycles. The summed E-state index contributed by atoms with van der Waals surface area (Å²) in [5.74, 6) is 0.136. The molecule has 4 aromatic rings. The Morgan fingerprint density at radius 1 is 0.895 bits per heavy atom. The zero-order chi connectivity index (χ0) is 25.6. The molecule has 200 valence electrons. The number of nitrogens with one attached hydrogen (secondary N) is 2. The molecule has 1 atom stereocenters. The number of H-pyrrole nitrogens is 1. The number of fused-ring (bicyclic) bond motifs is 1. The second-order valence-corrected chi connectivity index (χ2v) is 10.3. The van der Waals surface area contributed by atoms with Crippen molar-refractivity contribution in [3.05, 3.63) is 107 Å². The monoisotopic (exact) mass is 530 g/mol. The number of benzene rings is 3. The highest BCUT2D eigenvalue weighted by molar-refractivity contribution is 7.59. The number of carbonyl (C=O) groups excluding carboxylic acids is 1. The van der Waals surface area contributed by atoms with Gasteiger partial charge in [-0.3, -0.25) is 14.3 Å². The number of hydrogen-bond acceptors (Lipinski definition) is 3. The summed E-state index contributed by atoms with van der Waals surface area (Å²) >= 11 is 0. The number of amides is 1. The van der Waals surface area contributed by atoms with Crippen molar-refractivity contribution in [3.63, 3.8) is 0 Å². The molecule has 6 nitrogen and oxygen atoms in total. The zero-order valence-corrected chi connectivity index (χ0v) is 23.0. The summed E-state index contributed by atoms with van der Waals surface area (Å²) in [5.41, 5.74) is 4.30. The minimum Gasteiger partial charge on any atom is -0.354 e. The maximum absolute atomic E-state index is 13.1. The first kappa shape index (κ1) is 27.7. The van der Waals surface area contributed by atoms with Crippen LogP contribution in [-0.2, 0) is 17.9 Å². The smallest absolute Gasteiger partial charge is 0.326 e. The summed E-state index contributed by atoms with van der Waals surface area (Å²) in [6.07, 6.45) is 3.27. The normalized spacial score (nSPS) is 18.2. The lowest BCUT2D eigenvalue weighted by molar-refractivity contribution is -0.126. The van der Waals surface area contributed by atoms with Crippen LogP contribution in [0, 0.1) is 5.92 Å². The van der Waals surface area contributed by atoms with Gasteiger partial charge in [0.25, 0.3) is 0 Å². The van der Waals surface area contributed by atoms with E-state index in [9.17, 15) is 9.59 Å². The quantitative estimate of drug-likeness (QED) is 0.305. The molecule has 0 spiro atoms. The fourth-order valence-electron chi connectivity index (χ4n) is 5.56. The van der Waals surface area contributed by atoms with Crippen molar-refractivity contribution in [2.45, 2.75) is 57.8 Å². The van der Waals surface area contributed by atoms with Crippen LogP contribution in [0.3, 0.4) is 0 Å². The molecular formula is C31H38N4O2S. The molecule has 0 radical (unpaired) electrons. The molecule has 2 N–H and O–H groups in total. The standard InChI is InChI=1S/C31H36N4O2.H2S/c1-23(34(21-24-10-4-2-5-11-24)22-25-12-6-3-7-13-25)20-32-30(36)26-16-18-27(19-17-26)35-29-15-9-8-14-28(29)33-31(35)37;/h2-15,23,26-27H,16-22H2,1H3,(H,32,36)(H,33,37);1H2/t23-,26?,27?;/m0./s1. The lowest BCUT2D eigenvalue weighted by atomic mass is 9.85. The van der Waals surface area contributed by atoms with Crippen LogP contribution in [0.5, 0.6) is 0 Å². The third-order valence-electron chi connectivity index (χ3n) is 7.71. The van der Waals surface area contributed by atoms with Crippen LogP contribution < -0.4 is 11.0 Å². The number of carbonyl (C=O) groups is 1. The summed E-state index contributed by atoms with van der Waals surface area (Å²) in [7, 11) is 0. The summed E-state index contributed by atoms with van der Waals surface area (Å²) in [5, 5.41) is 3.24. The number of nitrogens with zero attached hydrogens (tertiary/aromatic N) is 2. The zero-order valence-electron chi connectivity index (χ0n) is 22.0. The molecule has 1 aliphatic rings. The van der Waals surface area contributed by atoms with Gasteiger partial charge < -0.3 is 10.3 Å². The highest BCUT2D eigenvalue weighted by Crippen LogP contribution is 2.33. The Morgan fingerprint density at radius 2 is 1.45 bits per heavy atom. The topological polar surface area (TPSA) is 70.1 Å². The van der Waals surface area contributed by atoms with Gasteiger partial charge in [0, 0.05) is 37.6 Å². The fraction of sp³-hybridized carbons (Fsp3) is 0.355. The van der Waals surface area contributed by atoms with Crippen molar-refractivity contribution in [3.8, 4) is 0 Å². The van der Waals surface area contributed by atoms with Crippen LogP contribution in [-0.4, -0.2) is 32.9 Å².